The van der Waals surface area contributed by atoms with Gasteiger partial charge in [0.25, 0.3) is 0 Å². The lowest BCUT2D eigenvalue weighted by atomic mass is 9.82. The van der Waals surface area contributed by atoms with E-state index in [9.17, 15) is 14.4 Å². The van der Waals surface area contributed by atoms with E-state index >= 15 is 0 Å². The quantitative estimate of drug-likeness (QED) is 0.546. The number of nitrogens with zero attached hydrogens (tertiary/aromatic N) is 2. The predicted octanol–water partition coefficient (Wildman–Crippen LogP) is 4.55. The molecule has 2 aromatic rings. The molecule has 0 aromatic heterocycles. The van der Waals surface area contributed by atoms with Gasteiger partial charge in [0.15, 0.2) is 0 Å². The lowest BCUT2D eigenvalue weighted by Gasteiger charge is -2.39. The van der Waals surface area contributed by atoms with Crippen LogP contribution in [0, 0.1) is 5.92 Å². The molecule has 0 N–H and O–H groups in total. The standard InChI is InChI=1S/C28H34N2O5/c1-29(28(33)35-20-22-13-6-3-7-14-22)24-16-9-8-15-23(24)26(31)30-18-10-17-25(30)27(32)34-19-21-11-4-2-5-12-21/h2-7,11-14,23-25H,8-10,15-20H2,1H3/t23?,24?,25-/m0/s1. The van der Waals surface area contributed by atoms with Crippen LogP contribution in [0.4, 0.5) is 4.79 Å². The molecule has 186 valence electrons. The third-order valence-corrected chi connectivity index (χ3v) is 7.07. The summed E-state index contributed by atoms with van der Waals surface area (Å²) in [5.74, 6) is -0.764. The van der Waals surface area contributed by atoms with Crippen molar-refractivity contribution in [3.63, 3.8) is 0 Å². The Morgan fingerprint density at radius 2 is 1.43 bits per heavy atom. The molecule has 3 atom stereocenters. The van der Waals surface area contributed by atoms with Crippen molar-refractivity contribution in [2.24, 2.45) is 5.92 Å². The summed E-state index contributed by atoms with van der Waals surface area (Å²) in [4.78, 5) is 42.6. The number of carbonyl (C=O) groups is 3. The molecular formula is C28H34N2O5. The van der Waals surface area contributed by atoms with Gasteiger partial charge in [-0.15, -0.1) is 0 Å². The van der Waals surface area contributed by atoms with Gasteiger partial charge in [-0.25, -0.2) is 9.59 Å². The number of rotatable bonds is 7. The van der Waals surface area contributed by atoms with Crippen LogP contribution in [-0.4, -0.2) is 53.4 Å². The van der Waals surface area contributed by atoms with Crippen LogP contribution in [0.2, 0.25) is 0 Å². The van der Waals surface area contributed by atoms with Gasteiger partial charge in [-0.05, 0) is 36.8 Å². The Morgan fingerprint density at radius 1 is 0.829 bits per heavy atom. The van der Waals surface area contributed by atoms with Crippen molar-refractivity contribution >= 4 is 18.0 Å². The lowest BCUT2D eigenvalue weighted by Crippen LogP contribution is -2.52. The first kappa shape index (κ1) is 24.8. The highest BCUT2D eigenvalue weighted by Crippen LogP contribution is 2.32. The Bertz CT molecular complexity index is 997. The third-order valence-electron chi connectivity index (χ3n) is 7.07. The second-order valence-electron chi connectivity index (χ2n) is 9.39. The Kier molecular flexibility index (Phi) is 8.40. The number of ether oxygens (including phenoxy) is 2. The van der Waals surface area contributed by atoms with Gasteiger partial charge in [0.05, 0.1) is 5.92 Å². The molecule has 1 saturated heterocycles. The van der Waals surface area contributed by atoms with Crippen molar-refractivity contribution < 1.29 is 23.9 Å². The molecule has 7 heteroatoms. The summed E-state index contributed by atoms with van der Waals surface area (Å²) >= 11 is 0. The summed E-state index contributed by atoms with van der Waals surface area (Å²) in [6, 6.07) is 18.3. The first-order valence-electron chi connectivity index (χ1n) is 12.5. The zero-order chi connectivity index (χ0) is 24.6. The Hall–Kier alpha value is -3.35. The molecule has 1 saturated carbocycles. The summed E-state index contributed by atoms with van der Waals surface area (Å²) in [5, 5.41) is 0. The summed E-state index contributed by atoms with van der Waals surface area (Å²) < 4.78 is 11.1. The monoisotopic (exact) mass is 478 g/mol. The van der Waals surface area contributed by atoms with Crippen LogP contribution < -0.4 is 0 Å². The van der Waals surface area contributed by atoms with E-state index in [2.05, 4.69) is 0 Å². The SMILES string of the molecule is CN(C(=O)OCc1ccccc1)C1CCCCC1C(=O)N1CCC[C@H]1C(=O)OCc1ccccc1. The maximum atomic E-state index is 13.6. The molecule has 1 aliphatic carbocycles. The number of likely N-dealkylation sites (tertiary alicyclic amines) is 1. The van der Waals surface area contributed by atoms with Gasteiger partial charge in [0.1, 0.15) is 19.3 Å². The van der Waals surface area contributed by atoms with E-state index in [0.717, 1.165) is 36.8 Å². The smallest absolute Gasteiger partial charge is 0.410 e. The largest absolute Gasteiger partial charge is 0.459 e. The maximum Gasteiger partial charge on any atom is 0.410 e. The molecule has 2 fully saturated rings. The highest BCUT2D eigenvalue weighted by Gasteiger charge is 2.43. The van der Waals surface area contributed by atoms with Crippen LogP contribution >= 0.6 is 0 Å². The predicted molar refractivity (Wildman–Crippen MR) is 131 cm³/mol. The van der Waals surface area contributed by atoms with Crippen molar-refractivity contribution in [1.29, 1.82) is 0 Å². The van der Waals surface area contributed by atoms with Crippen LogP contribution in [0.3, 0.4) is 0 Å². The zero-order valence-corrected chi connectivity index (χ0v) is 20.3. The molecule has 2 aliphatic rings. The molecule has 7 nitrogen and oxygen atoms in total. The fourth-order valence-corrected chi connectivity index (χ4v) is 5.13. The van der Waals surface area contributed by atoms with Crippen LogP contribution in [-0.2, 0) is 32.3 Å². The molecule has 0 spiro atoms. The molecule has 2 aromatic carbocycles. The van der Waals surface area contributed by atoms with E-state index in [1.165, 1.54) is 0 Å². The van der Waals surface area contributed by atoms with E-state index in [0.29, 0.717) is 19.4 Å². The average Bonchev–Trinajstić information content (AvgIpc) is 3.41. The van der Waals surface area contributed by atoms with Gasteiger partial charge >= 0.3 is 12.1 Å². The van der Waals surface area contributed by atoms with Crippen molar-refractivity contribution in [3.8, 4) is 0 Å². The van der Waals surface area contributed by atoms with Gasteiger partial charge < -0.3 is 19.3 Å². The highest BCUT2D eigenvalue weighted by molar-refractivity contribution is 5.87. The first-order chi connectivity index (χ1) is 17.0. The maximum absolute atomic E-state index is 13.6. The van der Waals surface area contributed by atoms with E-state index in [-0.39, 0.29) is 37.0 Å². The van der Waals surface area contributed by atoms with Gasteiger partial charge in [0, 0.05) is 19.6 Å². The highest BCUT2D eigenvalue weighted by atomic mass is 16.6. The summed E-state index contributed by atoms with van der Waals surface area (Å²) in [7, 11) is 1.71. The van der Waals surface area contributed by atoms with Gasteiger partial charge in [-0.1, -0.05) is 73.5 Å². The van der Waals surface area contributed by atoms with Crippen LogP contribution in [0.1, 0.15) is 49.7 Å². The Morgan fingerprint density at radius 3 is 2.09 bits per heavy atom. The molecule has 0 radical (unpaired) electrons. The van der Waals surface area contributed by atoms with Crippen LogP contribution in [0.25, 0.3) is 0 Å². The second kappa shape index (κ2) is 11.9. The summed E-state index contributed by atoms with van der Waals surface area (Å²) in [6.07, 6.45) is 4.25. The minimum atomic E-state index is -0.566. The molecular weight excluding hydrogens is 444 g/mol. The number of esters is 1. The van der Waals surface area contributed by atoms with E-state index in [1.807, 2.05) is 60.7 Å². The second-order valence-corrected chi connectivity index (χ2v) is 9.39. The van der Waals surface area contributed by atoms with Gasteiger partial charge in [0.2, 0.25) is 5.91 Å². The van der Waals surface area contributed by atoms with Gasteiger partial charge in [-0.3, -0.25) is 4.79 Å². The molecule has 35 heavy (non-hydrogen) atoms. The molecule has 1 heterocycles. The number of hydrogen-bond acceptors (Lipinski definition) is 5. The molecule has 4 rings (SSSR count). The van der Waals surface area contributed by atoms with Gasteiger partial charge in [-0.2, -0.15) is 0 Å². The first-order valence-corrected chi connectivity index (χ1v) is 12.5. The summed E-state index contributed by atoms with van der Waals surface area (Å²) in [6.45, 7) is 0.923. The molecule has 0 bridgehead atoms. The average molecular weight is 479 g/mol. The number of amides is 2. The van der Waals surface area contributed by atoms with E-state index in [1.54, 1.807) is 16.8 Å². The summed E-state index contributed by atoms with van der Waals surface area (Å²) in [5.41, 5.74) is 1.83. The minimum Gasteiger partial charge on any atom is -0.459 e. The molecule has 2 amide bonds. The zero-order valence-electron chi connectivity index (χ0n) is 20.3. The fraction of sp³-hybridized carbons (Fsp3) is 0.464. The van der Waals surface area contributed by atoms with Crippen LogP contribution in [0.5, 0.6) is 0 Å². The minimum absolute atomic E-state index is 0.0587. The lowest BCUT2D eigenvalue weighted by molar-refractivity contribution is -0.156. The van der Waals surface area contributed by atoms with E-state index < -0.39 is 12.1 Å². The fourth-order valence-electron chi connectivity index (χ4n) is 5.13. The van der Waals surface area contributed by atoms with E-state index in [4.69, 9.17) is 9.47 Å². The molecule has 2 unspecified atom stereocenters. The van der Waals surface area contributed by atoms with Crippen molar-refractivity contribution in [2.75, 3.05) is 13.6 Å². The number of hydrogen-bond donors (Lipinski definition) is 0. The van der Waals surface area contributed by atoms with Crippen molar-refractivity contribution in [3.05, 3.63) is 71.8 Å². The normalized spacial score (nSPS) is 21.9. The topological polar surface area (TPSA) is 76.2 Å². The third kappa shape index (κ3) is 6.21. The van der Waals surface area contributed by atoms with Crippen molar-refractivity contribution in [2.45, 2.75) is 63.8 Å². The Labute approximate surface area is 207 Å². The van der Waals surface area contributed by atoms with Crippen LogP contribution in [0.15, 0.2) is 60.7 Å². The Balaban J connectivity index is 1.37. The number of carbonyl (C=O) groups excluding carboxylic acids is 3. The van der Waals surface area contributed by atoms with Crippen molar-refractivity contribution in [1.82, 2.24) is 9.80 Å². The number of benzene rings is 2. The molecule has 1 aliphatic heterocycles.